The Morgan fingerprint density at radius 2 is 0.800 bits per heavy atom. The average Bonchev–Trinajstić information content (AvgIpc) is 3.67. The number of nitrogens with zero attached hydrogens (tertiary/aromatic N) is 2. The molecule has 0 aliphatic rings. The molecular weight excluding hydrogens is 725 g/mol. The smallest absolute Gasteiger partial charge is 0.0547 e. The van der Waals surface area contributed by atoms with Crippen LogP contribution >= 0.6 is 0 Å². The Morgan fingerprint density at radius 1 is 0.283 bits per heavy atom. The summed E-state index contributed by atoms with van der Waals surface area (Å²) in [5.74, 6) is 0. The van der Waals surface area contributed by atoms with Gasteiger partial charge in [0.15, 0.2) is 0 Å². The molecule has 11 aromatic rings. The van der Waals surface area contributed by atoms with Crippen molar-refractivity contribution >= 4 is 49.6 Å². The number of para-hydroxylation sites is 3. The van der Waals surface area contributed by atoms with Crippen LogP contribution in [0.1, 0.15) is 0 Å². The molecule has 1 aromatic heterocycles. The van der Waals surface area contributed by atoms with E-state index < -0.39 is 0 Å². The first-order valence-corrected chi connectivity index (χ1v) is 20.6. The van der Waals surface area contributed by atoms with E-state index >= 15 is 0 Å². The summed E-state index contributed by atoms with van der Waals surface area (Å²) in [6.07, 6.45) is 0. The van der Waals surface area contributed by atoms with Crippen molar-refractivity contribution in [2.75, 3.05) is 4.90 Å². The molecule has 10 aromatic carbocycles. The van der Waals surface area contributed by atoms with Crippen LogP contribution < -0.4 is 4.90 Å². The van der Waals surface area contributed by atoms with E-state index in [0.717, 1.165) is 28.3 Å². The van der Waals surface area contributed by atoms with Crippen LogP contribution in [-0.4, -0.2) is 4.57 Å². The molecular formula is C58H40N2. The highest BCUT2D eigenvalue weighted by Gasteiger charge is 2.17. The zero-order valence-electron chi connectivity index (χ0n) is 33.0. The van der Waals surface area contributed by atoms with Gasteiger partial charge in [-0.05, 0) is 122 Å². The first-order valence-electron chi connectivity index (χ1n) is 20.6. The second-order valence-electron chi connectivity index (χ2n) is 15.3. The second-order valence-corrected chi connectivity index (χ2v) is 15.3. The summed E-state index contributed by atoms with van der Waals surface area (Å²) < 4.78 is 2.38. The molecule has 0 radical (unpaired) electrons. The highest BCUT2D eigenvalue weighted by Crippen LogP contribution is 2.41. The first kappa shape index (κ1) is 35.2. The number of benzene rings is 10. The van der Waals surface area contributed by atoms with E-state index in [2.05, 4.69) is 252 Å². The van der Waals surface area contributed by atoms with E-state index in [9.17, 15) is 0 Å². The quantitative estimate of drug-likeness (QED) is 0.150. The maximum Gasteiger partial charge on any atom is 0.0547 e. The van der Waals surface area contributed by atoms with E-state index in [1.165, 1.54) is 71.5 Å². The SMILES string of the molecule is c1ccc(N(c2ccc(-c3ccc(-c4cccc5ccccc45)cc3)cc2)c2cccc(-c3cccc(-c4cccc5c4c4ccccc4n5-c4ccccc4)c3)c2)cc1. The van der Waals surface area contributed by atoms with Gasteiger partial charge in [0.05, 0.1) is 11.0 Å². The summed E-state index contributed by atoms with van der Waals surface area (Å²) in [5, 5.41) is 5.05. The van der Waals surface area contributed by atoms with E-state index in [4.69, 9.17) is 0 Å². The van der Waals surface area contributed by atoms with Crippen molar-refractivity contribution in [3.8, 4) is 50.2 Å². The van der Waals surface area contributed by atoms with Gasteiger partial charge >= 0.3 is 0 Å². The third-order valence-electron chi connectivity index (χ3n) is 11.8. The predicted molar refractivity (Wildman–Crippen MR) is 255 cm³/mol. The third kappa shape index (κ3) is 6.32. The Bertz CT molecular complexity index is 3280. The van der Waals surface area contributed by atoms with Crippen molar-refractivity contribution in [1.82, 2.24) is 4.57 Å². The highest BCUT2D eigenvalue weighted by atomic mass is 15.1. The van der Waals surface area contributed by atoms with E-state index in [-0.39, 0.29) is 0 Å². The molecule has 60 heavy (non-hydrogen) atoms. The molecule has 0 fully saturated rings. The summed E-state index contributed by atoms with van der Waals surface area (Å²) in [4.78, 5) is 2.35. The lowest BCUT2D eigenvalue weighted by atomic mass is 9.95. The molecule has 0 spiro atoms. The van der Waals surface area contributed by atoms with Crippen molar-refractivity contribution in [2.45, 2.75) is 0 Å². The molecule has 0 bridgehead atoms. The van der Waals surface area contributed by atoms with Crippen LogP contribution in [0.25, 0.3) is 82.8 Å². The normalized spacial score (nSPS) is 11.3. The molecule has 0 N–H and O–H groups in total. The molecule has 0 saturated carbocycles. The molecule has 1 heterocycles. The lowest BCUT2D eigenvalue weighted by Gasteiger charge is -2.26. The highest BCUT2D eigenvalue weighted by molar-refractivity contribution is 6.16. The summed E-state index contributed by atoms with van der Waals surface area (Å²) in [6.45, 7) is 0. The van der Waals surface area contributed by atoms with Gasteiger partial charge in [0.25, 0.3) is 0 Å². The fourth-order valence-corrected chi connectivity index (χ4v) is 8.95. The van der Waals surface area contributed by atoms with E-state index in [0.29, 0.717) is 0 Å². The molecule has 0 saturated heterocycles. The zero-order valence-corrected chi connectivity index (χ0v) is 33.0. The minimum Gasteiger partial charge on any atom is -0.310 e. The van der Waals surface area contributed by atoms with Crippen molar-refractivity contribution in [3.05, 3.63) is 243 Å². The standard InChI is InChI=1S/C58H40N2/c1-3-20-48(21-4-1)59(50-37-35-42(36-38-50)41-31-33-44(34-32-41)53-27-13-16-43-15-7-8-25-52(43)53)51-24-12-18-46(40-51)45-17-11-19-47(39-45)54-28-14-30-57-58(54)55-26-9-10-29-56(55)60(57)49-22-5-2-6-23-49/h1-40H. The van der Waals surface area contributed by atoms with Gasteiger partial charge in [-0.25, -0.2) is 0 Å². The summed E-state index contributed by atoms with van der Waals surface area (Å²) in [5.41, 5.74) is 16.5. The fraction of sp³-hybridized carbons (Fsp3) is 0. The maximum absolute atomic E-state index is 2.38. The fourth-order valence-electron chi connectivity index (χ4n) is 8.95. The first-order chi connectivity index (χ1) is 29.8. The Kier molecular flexibility index (Phi) is 8.87. The van der Waals surface area contributed by atoms with Gasteiger partial charge in [0, 0.05) is 33.5 Å². The molecule has 0 atom stereocenters. The lowest BCUT2D eigenvalue weighted by Crippen LogP contribution is -2.09. The number of anilines is 3. The Morgan fingerprint density at radius 3 is 1.60 bits per heavy atom. The third-order valence-corrected chi connectivity index (χ3v) is 11.8. The number of hydrogen-bond donors (Lipinski definition) is 0. The van der Waals surface area contributed by atoms with E-state index in [1.807, 2.05) is 0 Å². The van der Waals surface area contributed by atoms with Crippen LogP contribution in [0.5, 0.6) is 0 Å². The Labute approximate surface area is 350 Å². The molecule has 282 valence electrons. The summed E-state index contributed by atoms with van der Waals surface area (Å²) in [7, 11) is 0. The van der Waals surface area contributed by atoms with Crippen LogP contribution in [0.3, 0.4) is 0 Å². The van der Waals surface area contributed by atoms with Gasteiger partial charge in [0.1, 0.15) is 0 Å². The molecule has 2 heteroatoms. The second kappa shape index (κ2) is 15.1. The minimum atomic E-state index is 1.10. The maximum atomic E-state index is 2.38. The largest absolute Gasteiger partial charge is 0.310 e. The predicted octanol–water partition coefficient (Wildman–Crippen LogP) is 16.1. The van der Waals surface area contributed by atoms with Crippen LogP contribution in [0.4, 0.5) is 17.1 Å². The summed E-state index contributed by atoms with van der Waals surface area (Å²) in [6, 6.07) is 87.7. The summed E-state index contributed by atoms with van der Waals surface area (Å²) >= 11 is 0. The van der Waals surface area contributed by atoms with Gasteiger partial charge < -0.3 is 9.47 Å². The molecule has 0 aliphatic heterocycles. The van der Waals surface area contributed by atoms with Crippen molar-refractivity contribution in [3.63, 3.8) is 0 Å². The van der Waals surface area contributed by atoms with Crippen LogP contribution in [0, 0.1) is 0 Å². The number of fused-ring (bicyclic) bond motifs is 4. The minimum absolute atomic E-state index is 1.10. The lowest BCUT2D eigenvalue weighted by molar-refractivity contribution is 1.18. The van der Waals surface area contributed by atoms with Gasteiger partial charge in [-0.3, -0.25) is 0 Å². The van der Waals surface area contributed by atoms with Gasteiger partial charge in [-0.1, -0.05) is 176 Å². The molecule has 11 rings (SSSR count). The van der Waals surface area contributed by atoms with Gasteiger partial charge in [-0.2, -0.15) is 0 Å². The van der Waals surface area contributed by atoms with Crippen molar-refractivity contribution < 1.29 is 0 Å². The molecule has 0 unspecified atom stereocenters. The Balaban J connectivity index is 0.939. The van der Waals surface area contributed by atoms with Crippen molar-refractivity contribution in [2.24, 2.45) is 0 Å². The van der Waals surface area contributed by atoms with Crippen molar-refractivity contribution in [1.29, 1.82) is 0 Å². The monoisotopic (exact) mass is 764 g/mol. The number of aromatic nitrogens is 1. The van der Waals surface area contributed by atoms with Crippen LogP contribution in [-0.2, 0) is 0 Å². The molecule has 0 amide bonds. The molecule has 2 nitrogen and oxygen atoms in total. The molecule has 0 aliphatic carbocycles. The topological polar surface area (TPSA) is 8.17 Å². The van der Waals surface area contributed by atoms with Gasteiger partial charge in [0.2, 0.25) is 0 Å². The zero-order chi connectivity index (χ0) is 39.8. The van der Waals surface area contributed by atoms with Crippen LogP contribution in [0.2, 0.25) is 0 Å². The Hall–Kier alpha value is -7.94. The van der Waals surface area contributed by atoms with Crippen LogP contribution in [0.15, 0.2) is 243 Å². The van der Waals surface area contributed by atoms with E-state index in [1.54, 1.807) is 0 Å². The number of rotatable bonds is 8. The van der Waals surface area contributed by atoms with Gasteiger partial charge in [-0.15, -0.1) is 0 Å². The number of hydrogen-bond acceptors (Lipinski definition) is 1. The average molecular weight is 765 g/mol.